The number of piperidine rings is 1. The van der Waals surface area contributed by atoms with Crippen molar-refractivity contribution in [3.05, 3.63) is 0 Å². The Morgan fingerprint density at radius 3 is 2.57 bits per heavy atom. The number of nitrogens with one attached hydrogen (secondary N) is 1. The molecule has 6 nitrogen and oxygen atoms in total. The molecule has 0 aliphatic carbocycles. The van der Waals surface area contributed by atoms with Gasteiger partial charge in [0.25, 0.3) is 0 Å². The molecule has 21 heavy (non-hydrogen) atoms. The van der Waals surface area contributed by atoms with Crippen molar-refractivity contribution in [3.8, 4) is 0 Å². The Bertz CT molecular complexity index is 367. The molecule has 0 aromatic rings. The van der Waals surface area contributed by atoms with Gasteiger partial charge >= 0.3 is 5.97 Å². The lowest BCUT2D eigenvalue weighted by Crippen LogP contribution is -2.56. The van der Waals surface area contributed by atoms with Crippen LogP contribution in [0.2, 0.25) is 0 Å². The van der Waals surface area contributed by atoms with Crippen LogP contribution in [0.25, 0.3) is 0 Å². The first kappa shape index (κ1) is 16.2. The molecule has 2 aliphatic rings. The lowest BCUT2D eigenvalue weighted by molar-refractivity contribution is -0.143. The van der Waals surface area contributed by atoms with Crippen molar-refractivity contribution in [2.24, 2.45) is 5.92 Å². The molecule has 0 aromatic heterocycles. The molecule has 0 radical (unpaired) electrons. The van der Waals surface area contributed by atoms with Crippen molar-refractivity contribution in [3.63, 3.8) is 0 Å². The second kappa shape index (κ2) is 7.75. The van der Waals surface area contributed by atoms with Crippen LogP contribution >= 0.6 is 0 Å². The van der Waals surface area contributed by atoms with Crippen molar-refractivity contribution in [1.29, 1.82) is 0 Å². The second-order valence-electron chi connectivity index (χ2n) is 5.98. The summed E-state index contributed by atoms with van der Waals surface area (Å²) < 4.78 is 4.68. The molecule has 0 bridgehead atoms. The molecule has 1 amide bonds. The van der Waals surface area contributed by atoms with Gasteiger partial charge in [0.2, 0.25) is 5.91 Å². The van der Waals surface area contributed by atoms with Crippen LogP contribution in [0, 0.1) is 5.92 Å². The van der Waals surface area contributed by atoms with Gasteiger partial charge < -0.3 is 15.0 Å². The maximum Gasteiger partial charge on any atom is 0.319 e. The van der Waals surface area contributed by atoms with Crippen LogP contribution in [0.4, 0.5) is 0 Å². The van der Waals surface area contributed by atoms with Crippen LogP contribution in [-0.2, 0) is 14.3 Å². The summed E-state index contributed by atoms with van der Waals surface area (Å²) in [6.07, 6.45) is 3.28. The van der Waals surface area contributed by atoms with E-state index in [-0.39, 0.29) is 17.9 Å². The number of amides is 1. The van der Waals surface area contributed by atoms with Crippen molar-refractivity contribution >= 4 is 11.9 Å². The molecule has 0 spiro atoms. The SMILES string of the molecule is CCC1CCNC(C(=O)N2CCN(CC(=O)OC)CC2)C1. The molecule has 2 unspecified atom stereocenters. The van der Waals surface area contributed by atoms with E-state index in [2.05, 4.69) is 17.0 Å². The van der Waals surface area contributed by atoms with Gasteiger partial charge in [0.15, 0.2) is 0 Å². The van der Waals surface area contributed by atoms with Crippen molar-refractivity contribution in [2.75, 3.05) is 46.4 Å². The summed E-state index contributed by atoms with van der Waals surface area (Å²) in [5.74, 6) is 0.682. The lowest BCUT2D eigenvalue weighted by Gasteiger charge is -2.38. The first-order valence-electron chi connectivity index (χ1n) is 7.95. The molecule has 1 N–H and O–H groups in total. The highest BCUT2D eigenvalue weighted by atomic mass is 16.5. The monoisotopic (exact) mass is 297 g/mol. The predicted molar refractivity (Wildman–Crippen MR) is 79.8 cm³/mol. The number of methoxy groups -OCH3 is 1. The minimum absolute atomic E-state index is 0.0177. The van der Waals surface area contributed by atoms with Gasteiger partial charge in [-0.05, 0) is 25.3 Å². The number of ether oxygens (including phenoxy) is 1. The van der Waals surface area contributed by atoms with Crippen LogP contribution in [0.15, 0.2) is 0 Å². The zero-order chi connectivity index (χ0) is 15.2. The first-order chi connectivity index (χ1) is 10.1. The van der Waals surface area contributed by atoms with Crippen LogP contribution < -0.4 is 5.32 Å². The van der Waals surface area contributed by atoms with Crippen LogP contribution in [-0.4, -0.2) is 74.1 Å². The summed E-state index contributed by atoms with van der Waals surface area (Å²) in [5.41, 5.74) is 0. The van der Waals surface area contributed by atoms with Gasteiger partial charge in [0.1, 0.15) is 0 Å². The molecule has 0 aromatic carbocycles. The summed E-state index contributed by atoms with van der Waals surface area (Å²) >= 11 is 0. The molecule has 2 rings (SSSR count). The Kier molecular flexibility index (Phi) is 5.99. The van der Waals surface area contributed by atoms with Gasteiger partial charge in [0, 0.05) is 26.2 Å². The third-order valence-corrected chi connectivity index (χ3v) is 4.65. The van der Waals surface area contributed by atoms with Crippen molar-refractivity contribution < 1.29 is 14.3 Å². The summed E-state index contributed by atoms with van der Waals surface area (Å²) in [6, 6.07) is -0.0177. The molecule has 2 atom stereocenters. The summed E-state index contributed by atoms with van der Waals surface area (Å²) in [4.78, 5) is 27.8. The third kappa shape index (κ3) is 4.41. The normalized spacial score (nSPS) is 27.4. The van der Waals surface area contributed by atoms with Gasteiger partial charge in [-0.2, -0.15) is 0 Å². The number of hydrogen-bond donors (Lipinski definition) is 1. The highest BCUT2D eigenvalue weighted by molar-refractivity contribution is 5.82. The van der Waals surface area contributed by atoms with E-state index in [0.717, 1.165) is 32.5 Å². The zero-order valence-electron chi connectivity index (χ0n) is 13.1. The van der Waals surface area contributed by atoms with E-state index in [4.69, 9.17) is 0 Å². The highest BCUT2D eigenvalue weighted by Gasteiger charge is 2.31. The van der Waals surface area contributed by atoms with Gasteiger partial charge in [-0.15, -0.1) is 0 Å². The van der Waals surface area contributed by atoms with Crippen LogP contribution in [0.3, 0.4) is 0 Å². The molecular formula is C15H27N3O3. The fraction of sp³-hybridized carbons (Fsp3) is 0.867. The fourth-order valence-corrected chi connectivity index (χ4v) is 3.15. The molecule has 0 saturated carbocycles. The number of piperazine rings is 1. The van der Waals surface area contributed by atoms with Crippen LogP contribution in [0.5, 0.6) is 0 Å². The number of rotatable bonds is 4. The average molecular weight is 297 g/mol. The molecule has 2 fully saturated rings. The highest BCUT2D eigenvalue weighted by Crippen LogP contribution is 2.20. The quantitative estimate of drug-likeness (QED) is 0.745. The minimum Gasteiger partial charge on any atom is -0.468 e. The van der Waals surface area contributed by atoms with E-state index in [1.54, 1.807) is 0 Å². The number of esters is 1. The Morgan fingerprint density at radius 1 is 1.24 bits per heavy atom. The van der Waals surface area contributed by atoms with Gasteiger partial charge in [0.05, 0.1) is 19.7 Å². The third-order valence-electron chi connectivity index (χ3n) is 4.65. The Morgan fingerprint density at radius 2 is 1.95 bits per heavy atom. The topological polar surface area (TPSA) is 61.9 Å². The Labute approximate surface area is 126 Å². The smallest absolute Gasteiger partial charge is 0.319 e. The van der Waals surface area contributed by atoms with Gasteiger partial charge in [-0.25, -0.2) is 0 Å². The van der Waals surface area contributed by atoms with E-state index in [1.165, 1.54) is 13.5 Å². The molecule has 120 valence electrons. The Balaban J connectivity index is 1.78. The molecule has 2 saturated heterocycles. The number of nitrogens with zero attached hydrogens (tertiary/aromatic N) is 2. The number of carbonyl (C=O) groups excluding carboxylic acids is 2. The summed E-state index contributed by atoms with van der Waals surface area (Å²) in [5, 5.41) is 3.35. The summed E-state index contributed by atoms with van der Waals surface area (Å²) in [6.45, 7) is 6.34. The maximum absolute atomic E-state index is 12.6. The largest absolute Gasteiger partial charge is 0.468 e. The second-order valence-corrected chi connectivity index (χ2v) is 5.98. The number of carbonyl (C=O) groups is 2. The van der Waals surface area contributed by atoms with E-state index < -0.39 is 0 Å². The van der Waals surface area contributed by atoms with Crippen molar-refractivity contribution in [2.45, 2.75) is 32.2 Å². The molecule has 2 heterocycles. The zero-order valence-corrected chi connectivity index (χ0v) is 13.1. The molecule has 6 heteroatoms. The van der Waals surface area contributed by atoms with Gasteiger partial charge in [-0.3, -0.25) is 14.5 Å². The molecule has 2 aliphatic heterocycles. The fourth-order valence-electron chi connectivity index (χ4n) is 3.15. The molecular weight excluding hydrogens is 270 g/mol. The van der Waals surface area contributed by atoms with E-state index in [9.17, 15) is 9.59 Å². The predicted octanol–water partition coefficient (Wildman–Crippen LogP) is 0.0818. The maximum atomic E-state index is 12.6. The van der Waals surface area contributed by atoms with E-state index in [1.807, 2.05) is 9.80 Å². The minimum atomic E-state index is -0.213. The average Bonchev–Trinajstić information content (AvgIpc) is 2.54. The van der Waals surface area contributed by atoms with E-state index >= 15 is 0 Å². The van der Waals surface area contributed by atoms with Crippen molar-refractivity contribution in [1.82, 2.24) is 15.1 Å². The van der Waals surface area contributed by atoms with Gasteiger partial charge in [-0.1, -0.05) is 13.3 Å². The van der Waals surface area contributed by atoms with Crippen LogP contribution in [0.1, 0.15) is 26.2 Å². The lowest BCUT2D eigenvalue weighted by atomic mass is 9.90. The number of hydrogen-bond acceptors (Lipinski definition) is 5. The summed E-state index contributed by atoms with van der Waals surface area (Å²) in [7, 11) is 1.40. The standard InChI is InChI=1S/C15H27N3O3/c1-3-12-4-5-16-13(10-12)15(20)18-8-6-17(7-9-18)11-14(19)21-2/h12-13,16H,3-11H2,1-2H3. The van der Waals surface area contributed by atoms with E-state index in [0.29, 0.717) is 25.6 Å². The Hall–Kier alpha value is -1.14. The first-order valence-corrected chi connectivity index (χ1v) is 7.95.